The fourth-order valence-electron chi connectivity index (χ4n) is 3.86. The van der Waals surface area contributed by atoms with Crippen molar-refractivity contribution in [2.75, 3.05) is 16.8 Å². The van der Waals surface area contributed by atoms with Crippen LogP contribution in [0.2, 0.25) is 0 Å². The molecule has 0 amide bonds. The van der Waals surface area contributed by atoms with E-state index >= 15 is 0 Å². The summed E-state index contributed by atoms with van der Waals surface area (Å²) in [4.78, 5) is 9.37. The van der Waals surface area contributed by atoms with Crippen molar-refractivity contribution in [1.29, 1.82) is 0 Å². The highest BCUT2D eigenvalue weighted by molar-refractivity contribution is 7.19. The van der Waals surface area contributed by atoms with Crippen molar-refractivity contribution >= 4 is 26.4 Å². The van der Waals surface area contributed by atoms with Gasteiger partial charge in [0.15, 0.2) is 5.82 Å². The maximum Gasteiger partial charge on any atom is 0.154 e. The Morgan fingerprint density at radius 3 is 2.67 bits per heavy atom. The third kappa shape index (κ3) is 1.56. The first-order valence-electron chi connectivity index (χ1n) is 7.38. The average Bonchev–Trinajstić information content (AvgIpc) is 2.80. The van der Waals surface area contributed by atoms with Gasteiger partial charge < -0.3 is 9.80 Å². The van der Waals surface area contributed by atoms with Crippen molar-refractivity contribution in [3.63, 3.8) is 0 Å². The summed E-state index contributed by atoms with van der Waals surface area (Å²) in [6.45, 7) is 4.66. The van der Waals surface area contributed by atoms with Gasteiger partial charge in [0.1, 0.15) is 6.17 Å². The molecule has 0 saturated carbocycles. The minimum absolute atomic E-state index is 0.0593. The van der Waals surface area contributed by atoms with E-state index in [0.29, 0.717) is 5.92 Å². The SMILES string of the molecule is CC1c2ccccc2N2c3cccnc3N(C)C2C1(C)P. The van der Waals surface area contributed by atoms with Crippen LogP contribution in [0.15, 0.2) is 42.6 Å². The molecule has 2 aliphatic heterocycles. The first-order valence-corrected chi connectivity index (χ1v) is 7.96. The van der Waals surface area contributed by atoms with Crippen LogP contribution in [0, 0.1) is 0 Å². The molecule has 4 unspecified atom stereocenters. The highest BCUT2D eigenvalue weighted by atomic mass is 31.0. The maximum atomic E-state index is 4.60. The molecule has 0 bridgehead atoms. The van der Waals surface area contributed by atoms with Gasteiger partial charge in [0.25, 0.3) is 0 Å². The van der Waals surface area contributed by atoms with Gasteiger partial charge in [-0.25, -0.2) is 4.98 Å². The van der Waals surface area contributed by atoms with Crippen LogP contribution in [0.1, 0.15) is 25.3 Å². The summed E-state index contributed by atoms with van der Waals surface area (Å²) >= 11 is 0. The fraction of sp³-hybridized carbons (Fsp3) is 0.353. The highest BCUT2D eigenvalue weighted by Crippen LogP contribution is 2.56. The Balaban J connectivity index is 2.02. The molecular weight excluding hydrogens is 277 g/mol. The fourth-order valence-corrected chi connectivity index (χ4v) is 4.41. The predicted molar refractivity (Wildman–Crippen MR) is 91.5 cm³/mol. The molecule has 4 rings (SSSR count). The molecule has 0 saturated heterocycles. The number of fused-ring (bicyclic) bond motifs is 5. The predicted octanol–water partition coefficient (Wildman–Crippen LogP) is 3.75. The van der Waals surface area contributed by atoms with Crippen LogP contribution >= 0.6 is 9.24 Å². The van der Waals surface area contributed by atoms with E-state index < -0.39 is 0 Å². The summed E-state index contributed by atoms with van der Waals surface area (Å²) in [5, 5.41) is 0.0593. The van der Waals surface area contributed by atoms with Crippen molar-refractivity contribution in [3.05, 3.63) is 48.2 Å². The second kappa shape index (κ2) is 4.20. The number of hydrogen-bond donors (Lipinski definition) is 0. The lowest BCUT2D eigenvalue weighted by molar-refractivity contribution is 0.421. The maximum absolute atomic E-state index is 4.60. The van der Waals surface area contributed by atoms with Crippen molar-refractivity contribution in [2.45, 2.75) is 31.1 Å². The molecule has 108 valence electrons. The van der Waals surface area contributed by atoms with Gasteiger partial charge in [-0.05, 0) is 29.7 Å². The Bertz CT molecular complexity index is 713. The minimum atomic E-state index is 0.0593. The van der Waals surface area contributed by atoms with Gasteiger partial charge in [0.2, 0.25) is 0 Å². The lowest BCUT2D eigenvalue weighted by atomic mass is 9.80. The number of rotatable bonds is 0. The van der Waals surface area contributed by atoms with Gasteiger partial charge in [-0.3, -0.25) is 0 Å². The van der Waals surface area contributed by atoms with Gasteiger partial charge in [-0.1, -0.05) is 32.0 Å². The Kier molecular flexibility index (Phi) is 2.62. The van der Waals surface area contributed by atoms with Crippen LogP contribution in [-0.2, 0) is 0 Å². The van der Waals surface area contributed by atoms with Crippen molar-refractivity contribution in [3.8, 4) is 0 Å². The van der Waals surface area contributed by atoms with E-state index in [9.17, 15) is 0 Å². The first-order chi connectivity index (χ1) is 10.0. The minimum Gasteiger partial charge on any atom is -0.336 e. The molecule has 0 N–H and O–H groups in total. The Labute approximate surface area is 128 Å². The smallest absolute Gasteiger partial charge is 0.154 e. The zero-order chi connectivity index (χ0) is 14.8. The zero-order valence-electron chi connectivity index (χ0n) is 12.6. The average molecular weight is 297 g/mol. The van der Waals surface area contributed by atoms with E-state index in [0.717, 1.165) is 5.82 Å². The van der Waals surface area contributed by atoms with E-state index in [1.807, 2.05) is 12.3 Å². The molecule has 4 atom stereocenters. The molecule has 3 heterocycles. The highest BCUT2D eigenvalue weighted by Gasteiger charge is 2.51. The Hall–Kier alpha value is -1.60. The quantitative estimate of drug-likeness (QED) is 0.690. The molecule has 1 aromatic carbocycles. The van der Waals surface area contributed by atoms with Gasteiger partial charge in [0.05, 0.1) is 5.69 Å². The van der Waals surface area contributed by atoms with Gasteiger partial charge in [-0.2, -0.15) is 0 Å². The van der Waals surface area contributed by atoms with Gasteiger partial charge in [-0.15, -0.1) is 9.24 Å². The van der Waals surface area contributed by atoms with E-state index in [1.54, 1.807) is 0 Å². The van der Waals surface area contributed by atoms with E-state index in [4.69, 9.17) is 0 Å². The third-order valence-electron chi connectivity index (χ3n) is 5.12. The number of hydrogen-bond acceptors (Lipinski definition) is 3. The number of benzene rings is 1. The number of pyridine rings is 1. The topological polar surface area (TPSA) is 19.4 Å². The standard InChI is InChI=1S/C17H20N3P/c1-11-12-7-4-5-8-13(12)20-14-9-6-10-18-15(14)19(3)16(20)17(11,2)21/h4-11,16H,21H2,1-3H3. The third-order valence-corrected chi connectivity index (χ3v) is 5.92. The van der Waals surface area contributed by atoms with Crippen molar-refractivity contribution in [2.24, 2.45) is 0 Å². The second-order valence-electron chi connectivity index (χ2n) is 6.35. The van der Waals surface area contributed by atoms with Crippen LogP contribution in [0.3, 0.4) is 0 Å². The van der Waals surface area contributed by atoms with Gasteiger partial charge >= 0.3 is 0 Å². The number of aromatic nitrogens is 1. The summed E-state index contributed by atoms with van der Waals surface area (Å²) in [5.41, 5.74) is 3.93. The van der Waals surface area contributed by atoms with Crippen molar-refractivity contribution in [1.82, 2.24) is 4.98 Å². The first kappa shape index (κ1) is 13.1. The molecule has 0 aliphatic carbocycles. The van der Waals surface area contributed by atoms with Crippen LogP contribution in [0.25, 0.3) is 0 Å². The van der Waals surface area contributed by atoms with Crippen LogP contribution in [-0.4, -0.2) is 23.4 Å². The van der Waals surface area contributed by atoms with Crippen molar-refractivity contribution < 1.29 is 0 Å². The second-order valence-corrected chi connectivity index (χ2v) is 7.59. The summed E-state index contributed by atoms with van der Waals surface area (Å²) in [7, 11) is 5.26. The molecule has 4 heteroatoms. The summed E-state index contributed by atoms with van der Waals surface area (Å²) in [6.07, 6.45) is 2.15. The van der Waals surface area contributed by atoms with Crippen LogP contribution < -0.4 is 9.80 Å². The molecule has 1 aromatic heterocycles. The normalized spacial score (nSPS) is 29.9. The van der Waals surface area contributed by atoms with E-state index in [2.05, 4.69) is 75.3 Å². The van der Waals surface area contributed by atoms with E-state index in [-0.39, 0.29) is 11.3 Å². The molecule has 21 heavy (non-hydrogen) atoms. The van der Waals surface area contributed by atoms with E-state index in [1.165, 1.54) is 16.9 Å². The molecule has 0 fully saturated rings. The monoisotopic (exact) mass is 297 g/mol. The summed E-state index contributed by atoms with van der Waals surface area (Å²) < 4.78 is 0. The van der Waals surface area contributed by atoms with Crippen LogP contribution in [0.5, 0.6) is 0 Å². The van der Waals surface area contributed by atoms with Crippen LogP contribution in [0.4, 0.5) is 17.2 Å². The zero-order valence-corrected chi connectivity index (χ0v) is 13.8. The Morgan fingerprint density at radius 2 is 1.86 bits per heavy atom. The molecular formula is C17H20N3P. The summed E-state index contributed by atoms with van der Waals surface area (Å²) in [5.74, 6) is 1.54. The number of anilines is 3. The Morgan fingerprint density at radius 1 is 1.14 bits per heavy atom. The molecule has 0 spiro atoms. The summed E-state index contributed by atoms with van der Waals surface area (Å²) in [6, 6.07) is 13.0. The number of nitrogens with zero attached hydrogens (tertiary/aromatic N) is 3. The lowest BCUT2D eigenvalue weighted by Gasteiger charge is -2.50. The lowest BCUT2D eigenvalue weighted by Crippen LogP contribution is -2.57. The number of para-hydroxylation sites is 1. The molecule has 2 aromatic rings. The molecule has 3 nitrogen and oxygen atoms in total. The van der Waals surface area contributed by atoms with Gasteiger partial charge in [0, 0.05) is 24.1 Å². The molecule has 0 radical (unpaired) electrons. The molecule has 2 aliphatic rings. The largest absolute Gasteiger partial charge is 0.336 e.